The molecule has 19 heavy (non-hydrogen) atoms. The Morgan fingerprint density at radius 3 is 2.74 bits per heavy atom. The van der Waals surface area contributed by atoms with Crippen molar-refractivity contribution in [2.24, 2.45) is 0 Å². The van der Waals surface area contributed by atoms with Crippen LogP contribution in [0.5, 0.6) is 0 Å². The molecule has 0 spiro atoms. The number of hydrogen-bond donors (Lipinski definition) is 3. The summed E-state index contributed by atoms with van der Waals surface area (Å²) in [7, 11) is 0. The third-order valence-electron chi connectivity index (χ3n) is 3.35. The predicted molar refractivity (Wildman–Crippen MR) is 70.0 cm³/mol. The molecule has 5 heteroatoms. The van der Waals surface area contributed by atoms with Crippen LogP contribution in [-0.2, 0) is 6.54 Å². The summed E-state index contributed by atoms with van der Waals surface area (Å²) >= 11 is 0. The van der Waals surface area contributed by atoms with E-state index in [0.29, 0.717) is 13.0 Å². The highest BCUT2D eigenvalue weighted by Gasteiger charge is 2.21. The molecule has 1 aromatic carbocycles. The molecule has 2 amide bonds. The molecule has 2 rings (SSSR count). The Bertz CT molecular complexity index is 422. The number of urea groups is 1. The van der Waals surface area contributed by atoms with Gasteiger partial charge in [-0.05, 0) is 43.4 Å². The zero-order chi connectivity index (χ0) is 13.7. The van der Waals surface area contributed by atoms with Gasteiger partial charge in [0.2, 0.25) is 0 Å². The third kappa shape index (κ3) is 4.52. The molecule has 0 unspecified atom stereocenters. The van der Waals surface area contributed by atoms with Crippen LogP contribution in [0.25, 0.3) is 0 Å². The zero-order valence-electron chi connectivity index (χ0n) is 10.7. The average molecular weight is 266 g/mol. The molecule has 0 radical (unpaired) electrons. The molecular formula is C14H19FN2O2. The van der Waals surface area contributed by atoms with Crippen molar-refractivity contribution in [1.82, 2.24) is 10.6 Å². The fourth-order valence-electron chi connectivity index (χ4n) is 2.32. The highest BCUT2D eigenvalue weighted by molar-refractivity contribution is 5.74. The lowest BCUT2D eigenvalue weighted by molar-refractivity contribution is 0.113. The van der Waals surface area contributed by atoms with Gasteiger partial charge in [-0.25, -0.2) is 9.18 Å². The van der Waals surface area contributed by atoms with Crippen molar-refractivity contribution in [2.75, 3.05) is 0 Å². The van der Waals surface area contributed by atoms with Crippen molar-refractivity contribution < 1.29 is 14.3 Å². The minimum Gasteiger partial charge on any atom is -0.393 e. The standard InChI is InChI=1S/C14H19FN2O2/c15-11-6-4-10(5-7-11)9-16-14(19)17-12-2-1-3-13(18)8-12/h4-7,12-13,18H,1-3,8-9H2,(H2,16,17,19)/t12-,13+/m1/s1. The van der Waals surface area contributed by atoms with Crippen LogP contribution in [0.2, 0.25) is 0 Å². The minimum atomic E-state index is -0.309. The Labute approximate surface area is 112 Å². The molecule has 4 nitrogen and oxygen atoms in total. The van der Waals surface area contributed by atoms with Gasteiger partial charge in [0.1, 0.15) is 5.82 Å². The first kappa shape index (κ1) is 13.8. The third-order valence-corrected chi connectivity index (χ3v) is 3.35. The zero-order valence-corrected chi connectivity index (χ0v) is 10.7. The van der Waals surface area contributed by atoms with Crippen LogP contribution in [0.4, 0.5) is 9.18 Å². The Morgan fingerprint density at radius 2 is 2.05 bits per heavy atom. The summed E-state index contributed by atoms with van der Waals surface area (Å²) in [5, 5.41) is 15.1. The summed E-state index contributed by atoms with van der Waals surface area (Å²) < 4.78 is 12.7. The maximum Gasteiger partial charge on any atom is 0.315 e. The second-order valence-corrected chi connectivity index (χ2v) is 4.97. The van der Waals surface area contributed by atoms with E-state index in [4.69, 9.17) is 0 Å². The smallest absolute Gasteiger partial charge is 0.315 e. The van der Waals surface area contributed by atoms with E-state index in [-0.39, 0.29) is 24.0 Å². The van der Waals surface area contributed by atoms with Gasteiger partial charge in [-0.2, -0.15) is 0 Å². The SMILES string of the molecule is O=C(NCc1ccc(F)cc1)N[C@@H]1CCC[C@H](O)C1. The highest BCUT2D eigenvalue weighted by atomic mass is 19.1. The Kier molecular flexibility index (Phi) is 4.74. The van der Waals surface area contributed by atoms with Crippen molar-refractivity contribution >= 4 is 6.03 Å². The minimum absolute atomic E-state index is 0.0389. The number of amides is 2. The molecule has 1 fully saturated rings. The molecule has 104 valence electrons. The summed E-state index contributed by atoms with van der Waals surface area (Å²) in [5.74, 6) is -0.288. The van der Waals surface area contributed by atoms with Gasteiger partial charge in [0.05, 0.1) is 6.10 Å². The molecule has 0 heterocycles. The van der Waals surface area contributed by atoms with E-state index in [0.717, 1.165) is 24.8 Å². The van der Waals surface area contributed by atoms with Crippen LogP contribution in [0.1, 0.15) is 31.2 Å². The molecule has 0 aromatic heterocycles. The number of carbonyl (C=O) groups is 1. The number of halogens is 1. The predicted octanol–water partition coefficient (Wildman–Crippen LogP) is 1.93. The van der Waals surface area contributed by atoms with Crippen LogP contribution in [0.15, 0.2) is 24.3 Å². The van der Waals surface area contributed by atoms with Crippen molar-refractivity contribution in [3.05, 3.63) is 35.6 Å². The summed E-state index contributed by atoms with van der Waals surface area (Å²) in [6, 6.07) is 5.80. The lowest BCUT2D eigenvalue weighted by Crippen LogP contribution is -2.44. The van der Waals surface area contributed by atoms with E-state index < -0.39 is 0 Å². The van der Waals surface area contributed by atoms with Crippen LogP contribution in [0, 0.1) is 5.82 Å². The van der Waals surface area contributed by atoms with Crippen molar-refractivity contribution in [3.63, 3.8) is 0 Å². The fourth-order valence-corrected chi connectivity index (χ4v) is 2.32. The summed E-state index contributed by atoms with van der Waals surface area (Å²) in [6.45, 7) is 0.362. The molecule has 0 aliphatic heterocycles. The van der Waals surface area contributed by atoms with E-state index in [1.54, 1.807) is 12.1 Å². The van der Waals surface area contributed by atoms with Gasteiger partial charge in [0, 0.05) is 12.6 Å². The number of aliphatic hydroxyl groups excluding tert-OH is 1. The van der Waals surface area contributed by atoms with Gasteiger partial charge in [-0.3, -0.25) is 0 Å². The van der Waals surface area contributed by atoms with Crippen LogP contribution >= 0.6 is 0 Å². The van der Waals surface area contributed by atoms with Gasteiger partial charge in [-0.15, -0.1) is 0 Å². The number of aliphatic hydroxyl groups is 1. The second kappa shape index (κ2) is 6.52. The lowest BCUT2D eigenvalue weighted by Gasteiger charge is -2.26. The van der Waals surface area contributed by atoms with E-state index >= 15 is 0 Å². The highest BCUT2D eigenvalue weighted by Crippen LogP contribution is 2.18. The number of nitrogens with one attached hydrogen (secondary N) is 2. The molecule has 2 atom stereocenters. The molecule has 0 saturated heterocycles. The lowest BCUT2D eigenvalue weighted by atomic mass is 9.93. The van der Waals surface area contributed by atoms with E-state index in [1.807, 2.05) is 0 Å². The summed E-state index contributed by atoms with van der Waals surface area (Å²) in [4.78, 5) is 11.7. The Morgan fingerprint density at radius 1 is 1.32 bits per heavy atom. The topological polar surface area (TPSA) is 61.4 Å². The summed E-state index contributed by atoms with van der Waals surface area (Å²) in [6.07, 6.45) is 2.96. The maximum absolute atomic E-state index is 12.7. The van der Waals surface area contributed by atoms with Crippen LogP contribution < -0.4 is 10.6 Å². The van der Waals surface area contributed by atoms with Gasteiger partial charge < -0.3 is 15.7 Å². The van der Waals surface area contributed by atoms with Crippen molar-refractivity contribution in [3.8, 4) is 0 Å². The molecule has 0 bridgehead atoms. The van der Waals surface area contributed by atoms with Crippen LogP contribution in [0.3, 0.4) is 0 Å². The number of carbonyl (C=O) groups excluding carboxylic acids is 1. The first-order valence-corrected chi connectivity index (χ1v) is 6.60. The quantitative estimate of drug-likeness (QED) is 0.783. The molecule has 1 aliphatic carbocycles. The van der Waals surface area contributed by atoms with E-state index in [1.165, 1.54) is 12.1 Å². The normalized spacial score (nSPS) is 22.8. The molecular weight excluding hydrogens is 247 g/mol. The first-order valence-electron chi connectivity index (χ1n) is 6.60. The number of rotatable bonds is 3. The van der Waals surface area contributed by atoms with Gasteiger partial charge in [-0.1, -0.05) is 12.1 Å². The molecule has 1 saturated carbocycles. The van der Waals surface area contributed by atoms with E-state index in [2.05, 4.69) is 10.6 Å². The largest absolute Gasteiger partial charge is 0.393 e. The van der Waals surface area contributed by atoms with Gasteiger partial charge in [0.25, 0.3) is 0 Å². The van der Waals surface area contributed by atoms with Crippen LogP contribution in [-0.4, -0.2) is 23.3 Å². The van der Waals surface area contributed by atoms with Gasteiger partial charge in [0.15, 0.2) is 0 Å². The Hall–Kier alpha value is -1.62. The van der Waals surface area contributed by atoms with Crippen molar-refractivity contribution in [1.29, 1.82) is 0 Å². The molecule has 1 aromatic rings. The maximum atomic E-state index is 12.7. The van der Waals surface area contributed by atoms with Gasteiger partial charge >= 0.3 is 6.03 Å². The fraction of sp³-hybridized carbons (Fsp3) is 0.500. The monoisotopic (exact) mass is 266 g/mol. The van der Waals surface area contributed by atoms with E-state index in [9.17, 15) is 14.3 Å². The molecule has 1 aliphatic rings. The first-order chi connectivity index (χ1) is 9.13. The van der Waals surface area contributed by atoms with Crippen molar-refractivity contribution in [2.45, 2.75) is 44.4 Å². The summed E-state index contributed by atoms with van der Waals surface area (Å²) in [5.41, 5.74) is 0.847. The Balaban J connectivity index is 1.73. The molecule has 3 N–H and O–H groups in total. The average Bonchev–Trinajstić information content (AvgIpc) is 2.38. The number of benzene rings is 1. The second-order valence-electron chi connectivity index (χ2n) is 4.97. The number of hydrogen-bond acceptors (Lipinski definition) is 2.